The number of benzene rings is 2. The zero-order chi connectivity index (χ0) is 20.0. The molecule has 0 saturated carbocycles. The minimum Gasteiger partial charge on any atom is -0.361 e. The average Bonchev–Trinajstić information content (AvgIpc) is 3.19. The van der Waals surface area contributed by atoms with Gasteiger partial charge in [-0.3, -0.25) is 10.1 Å². The van der Waals surface area contributed by atoms with Gasteiger partial charge in [0, 0.05) is 11.6 Å². The van der Waals surface area contributed by atoms with E-state index >= 15 is 0 Å². The molecule has 0 aliphatic carbocycles. The summed E-state index contributed by atoms with van der Waals surface area (Å²) in [5.74, 6) is 1.36. The summed E-state index contributed by atoms with van der Waals surface area (Å²) in [7, 11) is 0. The van der Waals surface area contributed by atoms with Gasteiger partial charge in [0.1, 0.15) is 11.6 Å². The van der Waals surface area contributed by atoms with Crippen LogP contribution in [0, 0.1) is 30.9 Å². The summed E-state index contributed by atoms with van der Waals surface area (Å²) >= 11 is 0. The van der Waals surface area contributed by atoms with Crippen molar-refractivity contribution in [1.82, 2.24) is 14.7 Å². The molecule has 7 heteroatoms. The lowest BCUT2D eigenvalue weighted by atomic mass is 10.0. The molecule has 0 spiro atoms. The molecule has 2 aromatic heterocycles. The van der Waals surface area contributed by atoms with Gasteiger partial charge in [0.2, 0.25) is 0 Å². The highest BCUT2D eigenvalue weighted by Crippen LogP contribution is 2.37. The van der Waals surface area contributed by atoms with Crippen molar-refractivity contribution in [3.05, 3.63) is 75.4 Å². The number of aryl methyl sites for hydroxylation is 3. The summed E-state index contributed by atoms with van der Waals surface area (Å²) in [5, 5.41) is 15.8. The van der Waals surface area contributed by atoms with E-state index in [1.807, 2.05) is 54.8 Å². The van der Waals surface area contributed by atoms with Crippen LogP contribution in [0.3, 0.4) is 0 Å². The van der Waals surface area contributed by atoms with Gasteiger partial charge in [-0.05, 0) is 44.9 Å². The Hall–Kier alpha value is -3.48. The minimum atomic E-state index is -0.381. The van der Waals surface area contributed by atoms with Gasteiger partial charge >= 0.3 is 0 Å². The smallest absolute Gasteiger partial charge is 0.297 e. The zero-order valence-corrected chi connectivity index (χ0v) is 16.1. The maximum absolute atomic E-state index is 11.8. The molecular formula is C21H20N4O3. The van der Waals surface area contributed by atoms with Crippen molar-refractivity contribution >= 4 is 16.7 Å². The number of aromatic nitrogens is 3. The molecule has 0 fully saturated rings. The van der Waals surface area contributed by atoms with E-state index < -0.39 is 0 Å². The fourth-order valence-corrected chi connectivity index (χ4v) is 3.84. The van der Waals surface area contributed by atoms with E-state index in [-0.39, 0.29) is 16.7 Å². The largest absolute Gasteiger partial charge is 0.361 e. The first-order chi connectivity index (χ1) is 13.4. The SMILES string of the molecule is Cc1noc(C)c1-c1cc([N+](=O)[O-])c2nc(C)n([C@H](C)c3ccccc3)c2c1. The van der Waals surface area contributed by atoms with Gasteiger partial charge in [0.05, 0.1) is 22.2 Å². The fourth-order valence-electron chi connectivity index (χ4n) is 3.84. The van der Waals surface area contributed by atoms with E-state index in [4.69, 9.17) is 4.52 Å². The van der Waals surface area contributed by atoms with Crippen LogP contribution < -0.4 is 0 Å². The molecule has 0 saturated heterocycles. The molecule has 1 atom stereocenters. The molecule has 0 bridgehead atoms. The van der Waals surface area contributed by atoms with Crippen LogP contribution in [0.5, 0.6) is 0 Å². The average molecular weight is 376 g/mol. The topological polar surface area (TPSA) is 87.0 Å². The summed E-state index contributed by atoms with van der Waals surface area (Å²) in [6, 6.07) is 13.5. The van der Waals surface area contributed by atoms with Gasteiger partial charge in [-0.15, -0.1) is 0 Å². The lowest BCUT2D eigenvalue weighted by molar-refractivity contribution is -0.383. The van der Waals surface area contributed by atoms with E-state index in [9.17, 15) is 10.1 Å². The Morgan fingerprint density at radius 1 is 1.14 bits per heavy atom. The Labute approximate surface area is 161 Å². The normalized spacial score (nSPS) is 12.4. The maximum Gasteiger partial charge on any atom is 0.297 e. The highest BCUT2D eigenvalue weighted by molar-refractivity contribution is 5.91. The van der Waals surface area contributed by atoms with E-state index in [2.05, 4.69) is 17.1 Å². The van der Waals surface area contributed by atoms with Gasteiger partial charge < -0.3 is 9.09 Å². The second kappa shape index (κ2) is 6.60. The van der Waals surface area contributed by atoms with Crippen molar-refractivity contribution in [2.45, 2.75) is 33.7 Å². The summed E-state index contributed by atoms with van der Waals surface area (Å²) in [6.45, 7) is 7.58. The molecule has 4 aromatic rings. The Kier molecular flexibility index (Phi) is 4.22. The molecule has 4 rings (SSSR count). The Balaban J connectivity index is 2.02. The highest BCUT2D eigenvalue weighted by atomic mass is 16.6. The molecule has 7 nitrogen and oxygen atoms in total. The van der Waals surface area contributed by atoms with Gasteiger partial charge in [-0.1, -0.05) is 35.5 Å². The van der Waals surface area contributed by atoms with E-state index in [0.29, 0.717) is 22.5 Å². The van der Waals surface area contributed by atoms with Gasteiger partial charge in [0.15, 0.2) is 5.52 Å². The number of hydrogen-bond acceptors (Lipinski definition) is 5. The molecule has 0 radical (unpaired) electrons. The number of nitro benzene ring substituents is 1. The number of imidazole rings is 1. The van der Waals surface area contributed by atoms with Crippen LogP contribution >= 0.6 is 0 Å². The third-order valence-electron chi connectivity index (χ3n) is 5.14. The molecule has 0 aliphatic rings. The quantitative estimate of drug-likeness (QED) is 0.364. The molecule has 0 aliphatic heterocycles. The van der Waals surface area contributed by atoms with Gasteiger partial charge in [-0.25, -0.2) is 4.98 Å². The molecule has 0 unspecified atom stereocenters. The molecule has 142 valence electrons. The molecular weight excluding hydrogens is 356 g/mol. The van der Waals surface area contributed by atoms with Crippen LogP contribution in [0.1, 0.15) is 35.8 Å². The van der Waals surface area contributed by atoms with Gasteiger partial charge in [0.25, 0.3) is 5.69 Å². The van der Waals surface area contributed by atoms with Crippen molar-refractivity contribution in [1.29, 1.82) is 0 Å². The maximum atomic E-state index is 11.8. The van der Waals surface area contributed by atoms with Crippen molar-refractivity contribution < 1.29 is 9.45 Å². The summed E-state index contributed by atoms with van der Waals surface area (Å²) < 4.78 is 7.31. The van der Waals surface area contributed by atoms with Crippen LogP contribution in [0.15, 0.2) is 47.0 Å². The van der Waals surface area contributed by atoms with Crippen molar-refractivity contribution in [3.63, 3.8) is 0 Å². The number of hydrogen-bond donors (Lipinski definition) is 0. The Morgan fingerprint density at radius 2 is 1.86 bits per heavy atom. The first kappa shape index (κ1) is 17.9. The second-order valence-corrected chi connectivity index (χ2v) is 6.94. The lowest BCUT2D eigenvalue weighted by Gasteiger charge is -2.17. The standard InChI is InChI=1S/C21H20N4O3/c1-12-20(14(3)28-23-12)17-10-18-21(19(11-17)25(26)27)22-15(4)24(18)13(2)16-8-6-5-7-9-16/h5-11,13H,1-4H3/t13-/m1/s1. The highest BCUT2D eigenvalue weighted by Gasteiger charge is 2.25. The molecule has 28 heavy (non-hydrogen) atoms. The van der Waals surface area contributed by atoms with Gasteiger partial charge in [-0.2, -0.15) is 0 Å². The molecule has 0 N–H and O–H groups in total. The summed E-state index contributed by atoms with van der Waals surface area (Å²) in [6.07, 6.45) is 0. The predicted molar refractivity (Wildman–Crippen MR) is 106 cm³/mol. The first-order valence-electron chi connectivity index (χ1n) is 9.03. The fraction of sp³-hybridized carbons (Fsp3) is 0.238. The lowest BCUT2D eigenvalue weighted by Crippen LogP contribution is -2.08. The van der Waals surface area contributed by atoms with Crippen molar-refractivity contribution in [2.75, 3.05) is 0 Å². The van der Waals surface area contributed by atoms with Crippen LogP contribution in [-0.4, -0.2) is 19.6 Å². The number of nitro groups is 1. The van der Waals surface area contributed by atoms with Crippen molar-refractivity contribution in [2.24, 2.45) is 0 Å². The number of nitrogens with zero attached hydrogens (tertiary/aromatic N) is 4. The van der Waals surface area contributed by atoms with E-state index in [1.54, 1.807) is 13.0 Å². The predicted octanol–water partition coefficient (Wildman–Crippen LogP) is 5.13. The van der Waals surface area contributed by atoms with E-state index in [0.717, 1.165) is 22.5 Å². The first-order valence-corrected chi connectivity index (χ1v) is 9.03. The number of non-ortho nitro benzene ring substituents is 1. The monoisotopic (exact) mass is 376 g/mol. The Bertz CT molecular complexity index is 1170. The van der Waals surface area contributed by atoms with Crippen LogP contribution in [0.4, 0.5) is 5.69 Å². The van der Waals surface area contributed by atoms with Crippen LogP contribution in [0.25, 0.3) is 22.2 Å². The van der Waals surface area contributed by atoms with Crippen LogP contribution in [-0.2, 0) is 0 Å². The van der Waals surface area contributed by atoms with Crippen LogP contribution in [0.2, 0.25) is 0 Å². The zero-order valence-electron chi connectivity index (χ0n) is 16.1. The van der Waals surface area contributed by atoms with E-state index in [1.165, 1.54) is 0 Å². The number of fused-ring (bicyclic) bond motifs is 1. The third kappa shape index (κ3) is 2.76. The Morgan fingerprint density at radius 3 is 2.46 bits per heavy atom. The summed E-state index contributed by atoms with van der Waals surface area (Å²) in [5.41, 5.74) is 4.38. The minimum absolute atomic E-state index is 0.0189. The number of rotatable bonds is 4. The third-order valence-corrected chi connectivity index (χ3v) is 5.14. The summed E-state index contributed by atoms with van der Waals surface area (Å²) in [4.78, 5) is 15.9. The molecule has 0 amide bonds. The second-order valence-electron chi connectivity index (χ2n) is 6.94. The molecule has 2 heterocycles. The molecule has 2 aromatic carbocycles. The van der Waals surface area contributed by atoms with Crippen molar-refractivity contribution in [3.8, 4) is 11.1 Å².